The number of aromatic nitrogens is 1. The van der Waals surface area contributed by atoms with E-state index in [0.29, 0.717) is 49.0 Å². The molecule has 1 aromatic heterocycles. The molecule has 0 spiro atoms. The van der Waals surface area contributed by atoms with E-state index in [2.05, 4.69) is 4.90 Å². The number of hydrogen-bond acceptors (Lipinski definition) is 6. The van der Waals surface area contributed by atoms with Crippen LogP contribution in [0.15, 0.2) is 77.7 Å². The summed E-state index contributed by atoms with van der Waals surface area (Å²) in [4.78, 5) is 22.0. The molecule has 0 bridgehead atoms. The van der Waals surface area contributed by atoms with E-state index in [4.69, 9.17) is 16.6 Å². The van der Waals surface area contributed by atoms with E-state index in [1.807, 2.05) is 36.4 Å². The molecule has 0 unspecified atom stereocenters. The Morgan fingerprint density at radius 2 is 1.69 bits per heavy atom. The molecule has 0 atom stereocenters. The summed E-state index contributed by atoms with van der Waals surface area (Å²) < 4.78 is 28.8. The third-order valence-electron chi connectivity index (χ3n) is 6.20. The molecule has 1 saturated heterocycles. The average Bonchev–Trinajstić information content (AvgIpc) is 3.32. The summed E-state index contributed by atoms with van der Waals surface area (Å²) in [5.74, 6) is -0.106. The minimum atomic E-state index is -3.74. The third-order valence-corrected chi connectivity index (χ3v) is 9.43. The van der Waals surface area contributed by atoms with Crippen molar-refractivity contribution in [2.45, 2.75) is 11.8 Å². The number of fused-ring (bicyclic) bond motifs is 1. The second kappa shape index (κ2) is 10.1. The van der Waals surface area contributed by atoms with Gasteiger partial charge in [-0.05, 0) is 61.5 Å². The largest absolute Gasteiger partial charge is 0.345 e. The second-order valence-electron chi connectivity index (χ2n) is 8.42. The molecular weight excluding hydrogens is 516 g/mol. The van der Waals surface area contributed by atoms with Crippen molar-refractivity contribution in [1.29, 1.82) is 0 Å². The Bertz CT molecular complexity index is 1480. The number of sulfonamides is 1. The third kappa shape index (κ3) is 4.78. The number of carbonyl (C=O) groups is 1. The maximum Gasteiger partial charge on any atom is 0.264 e. The van der Waals surface area contributed by atoms with Crippen LogP contribution in [0.1, 0.15) is 17.3 Å². The predicted octanol–water partition coefficient (Wildman–Crippen LogP) is 5.13. The van der Waals surface area contributed by atoms with Crippen LogP contribution in [0.5, 0.6) is 0 Å². The summed E-state index contributed by atoms with van der Waals surface area (Å²) in [5, 5.41) is 1.61. The molecule has 10 heteroatoms. The number of carbonyl (C=O) groups excluding carboxylic acids is 1. The molecule has 3 aromatic carbocycles. The number of anilines is 2. The zero-order chi connectivity index (χ0) is 25.3. The Labute approximate surface area is 219 Å². The average molecular weight is 541 g/mol. The lowest BCUT2D eigenvalue weighted by atomic mass is 10.2. The van der Waals surface area contributed by atoms with Crippen LogP contribution >= 0.6 is 22.9 Å². The molecule has 2 heterocycles. The lowest BCUT2D eigenvalue weighted by molar-refractivity contribution is 0.0746. The van der Waals surface area contributed by atoms with E-state index in [9.17, 15) is 13.2 Å². The molecule has 7 nitrogen and oxygen atoms in total. The fraction of sp³-hybridized carbons (Fsp3) is 0.231. The maximum absolute atomic E-state index is 13.2. The lowest BCUT2D eigenvalue weighted by Gasteiger charge is -2.34. The zero-order valence-corrected chi connectivity index (χ0v) is 22.1. The quantitative estimate of drug-likeness (QED) is 0.339. The van der Waals surface area contributed by atoms with Crippen LogP contribution in [0.25, 0.3) is 10.2 Å². The van der Waals surface area contributed by atoms with Crippen LogP contribution < -0.4 is 9.21 Å². The van der Waals surface area contributed by atoms with Gasteiger partial charge in [0.1, 0.15) is 0 Å². The van der Waals surface area contributed by atoms with Crippen molar-refractivity contribution in [3.8, 4) is 0 Å². The first-order valence-electron chi connectivity index (χ1n) is 11.6. The van der Waals surface area contributed by atoms with Gasteiger partial charge in [0.25, 0.3) is 15.9 Å². The normalized spacial score (nSPS) is 14.3. The Kier molecular flexibility index (Phi) is 6.87. The molecule has 0 N–H and O–H groups in total. The molecule has 1 aliphatic rings. The Morgan fingerprint density at radius 3 is 2.36 bits per heavy atom. The molecule has 4 aromatic rings. The second-order valence-corrected chi connectivity index (χ2v) is 11.7. The highest BCUT2D eigenvalue weighted by Gasteiger charge is 2.26. The number of nitrogens with zero attached hydrogens (tertiary/aromatic N) is 4. The number of piperazine rings is 1. The summed E-state index contributed by atoms with van der Waals surface area (Å²) in [6, 6.07) is 20.9. The number of halogens is 1. The molecule has 1 amide bonds. The number of benzene rings is 3. The summed E-state index contributed by atoms with van der Waals surface area (Å²) in [6.07, 6.45) is 0. The van der Waals surface area contributed by atoms with Crippen LogP contribution in [0.2, 0.25) is 5.02 Å². The van der Waals surface area contributed by atoms with Gasteiger partial charge in [-0.3, -0.25) is 9.10 Å². The molecule has 5 rings (SSSR count). The minimum Gasteiger partial charge on any atom is -0.345 e. The zero-order valence-electron chi connectivity index (χ0n) is 19.7. The van der Waals surface area contributed by atoms with Gasteiger partial charge in [0.05, 0.1) is 20.8 Å². The lowest BCUT2D eigenvalue weighted by Crippen LogP contribution is -2.48. The van der Waals surface area contributed by atoms with Gasteiger partial charge in [-0.2, -0.15) is 0 Å². The van der Waals surface area contributed by atoms with Gasteiger partial charge >= 0.3 is 0 Å². The number of rotatable bonds is 6. The first kappa shape index (κ1) is 24.5. The van der Waals surface area contributed by atoms with Gasteiger partial charge in [-0.15, -0.1) is 0 Å². The van der Waals surface area contributed by atoms with Gasteiger partial charge in [0, 0.05) is 43.3 Å². The summed E-state index contributed by atoms with van der Waals surface area (Å²) >= 11 is 7.69. The number of hydrogen-bond donors (Lipinski definition) is 0. The first-order chi connectivity index (χ1) is 17.4. The van der Waals surface area contributed by atoms with Gasteiger partial charge < -0.3 is 9.80 Å². The molecule has 0 aliphatic carbocycles. The summed E-state index contributed by atoms with van der Waals surface area (Å²) in [5.41, 5.74) is 2.00. The summed E-state index contributed by atoms with van der Waals surface area (Å²) in [6.45, 7) is 4.58. The summed E-state index contributed by atoms with van der Waals surface area (Å²) in [7, 11) is -3.74. The predicted molar refractivity (Wildman–Crippen MR) is 146 cm³/mol. The van der Waals surface area contributed by atoms with Crippen molar-refractivity contribution in [2.75, 3.05) is 41.9 Å². The van der Waals surface area contributed by atoms with Crippen LogP contribution in [-0.4, -0.2) is 56.9 Å². The van der Waals surface area contributed by atoms with E-state index in [1.54, 1.807) is 47.4 Å². The monoisotopic (exact) mass is 540 g/mol. The standard InChI is InChI=1S/C26H25ClN4O3S2/c1-2-31(21-6-4-3-5-7-21)36(33,34)22-11-8-19(9-12-22)25(32)29-14-16-30(17-15-29)26-28-23-13-10-20(27)18-24(23)35-26/h3-13,18H,2,14-17H2,1H3. The Balaban J connectivity index is 1.26. The van der Waals surface area contributed by atoms with Crippen molar-refractivity contribution < 1.29 is 13.2 Å². The highest BCUT2D eigenvalue weighted by atomic mass is 35.5. The van der Waals surface area contributed by atoms with Crippen molar-refractivity contribution in [1.82, 2.24) is 9.88 Å². The topological polar surface area (TPSA) is 73.8 Å². The van der Waals surface area contributed by atoms with Crippen LogP contribution in [-0.2, 0) is 10.0 Å². The van der Waals surface area contributed by atoms with Crippen molar-refractivity contribution in [3.63, 3.8) is 0 Å². The molecule has 0 saturated carbocycles. The maximum atomic E-state index is 13.2. The van der Waals surface area contributed by atoms with E-state index < -0.39 is 10.0 Å². The van der Waals surface area contributed by atoms with Crippen LogP contribution in [0.3, 0.4) is 0 Å². The van der Waals surface area contributed by atoms with Crippen molar-refractivity contribution in [3.05, 3.63) is 83.4 Å². The number of amides is 1. The highest BCUT2D eigenvalue weighted by molar-refractivity contribution is 7.92. The number of thiazole rings is 1. The number of para-hydroxylation sites is 1. The molecule has 36 heavy (non-hydrogen) atoms. The van der Waals surface area contributed by atoms with Crippen LogP contribution in [0.4, 0.5) is 10.8 Å². The Hall–Kier alpha value is -3.14. The van der Waals surface area contributed by atoms with Crippen molar-refractivity contribution in [2.24, 2.45) is 0 Å². The first-order valence-corrected chi connectivity index (χ1v) is 14.3. The minimum absolute atomic E-state index is 0.106. The van der Waals surface area contributed by atoms with E-state index in [-0.39, 0.29) is 10.8 Å². The fourth-order valence-corrected chi connectivity index (χ4v) is 7.05. The van der Waals surface area contributed by atoms with Crippen molar-refractivity contribution >= 4 is 59.9 Å². The van der Waals surface area contributed by atoms with Gasteiger partial charge in [0.15, 0.2) is 5.13 Å². The fourth-order valence-electron chi connectivity index (χ4n) is 4.29. The Morgan fingerprint density at radius 1 is 1.00 bits per heavy atom. The molecule has 1 aliphatic heterocycles. The SMILES string of the molecule is CCN(c1ccccc1)S(=O)(=O)c1ccc(C(=O)N2CCN(c3nc4ccc(Cl)cc4s3)CC2)cc1. The van der Waals surface area contributed by atoms with Gasteiger partial charge in [0.2, 0.25) is 0 Å². The smallest absolute Gasteiger partial charge is 0.264 e. The highest BCUT2D eigenvalue weighted by Crippen LogP contribution is 2.31. The van der Waals surface area contributed by atoms with E-state index >= 15 is 0 Å². The molecular formula is C26H25ClN4O3S2. The van der Waals surface area contributed by atoms with Crippen LogP contribution in [0, 0.1) is 0 Å². The van der Waals surface area contributed by atoms with E-state index in [1.165, 1.54) is 16.4 Å². The molecule has 186 valence electrons. The molecule has 1 fully saturated rings. The van der Waals surface area contributed by atoms with Gasteiger partial charge in [-0.1, -0.05) is 41.1 Å². The molecule has 0 radical (unpaired) electrons. The van der Waals surface area contributed by atoms with Gasteiger partial charge in [-0.25, -0.2) is 13.4 Å². The van der Waals surface area contributed by atoms with E-state index in [0.717, 1.165) is 15.3 Å².